The van der Waals surface area contributed by atoms with E-state index in [1.165, 1.54) is 0 Å². The summed E-state index contributed by atoms with van der Waals surface area (Å²) in [6.45, 7) is 0. The lowest BCUT2D eigenvalue weighted by molar-refractivity contribution is 0.703. The number of hydrogen-bond donors (Lipinski definition) is 0. The van der Waals surface area contributed by atoms with Crippen LogP contribution >= 0.6 is 0 Å². The second kappa shape index (κ2) is 10.7. The van der Waals surface area contributed by atoms with Crippen molar-refractivity contribution in [3.63, 3.8) is 0 Å². The molecule has 6 aromatic rings. The molecular weight excluding hydrogens is 589 g/mol. The van der Waals surface area contributed by atoms with Crippen molar-refractivity contribution in [3.05, 3.63) is 185 Å². The SMILES string of the molecule is N#Cc1cnc2c(c1)C1(C3=C(C=CC3)N(c3ccccc3)c3ccc(N(c4ccccc4)c4ccccc4)cc31)c1cc(C#N)cnc1-2. The molecule has 0 bridgehead atoms. The largest absolute Gasteiger partial charge is 0.310 e. The summed E-state index contributed by atoms with van der Waals surface area (Å²) in [5.41, 5.74) is 11.8. The lowest BCUT2D eigenvalue weighted by atomic mass is 9.64. The number of pyridine rings is 2. The Morgan fingerprint density at radius 1 is 0.625 bits per heavy atom. The quantitative estimate of drug-likeness (QED) is 0.197. The van der Waals surface area contributed by atoms with Gasteiger partial charge in [-0.05, 0) is 90.4 Å². The minimum atomic E-state index is -0.848. The molecule has 9 rings (SSSR count). The smallest absolute Gasteiger partial charge is 0.101 e. The van der Waals surface area contributed by atoms with Gasteiger partial charge < -0.3 is 9.80 Å². The fraction of sp³-hybridized carbons (Fsp3) is 0.0476. The number of aromatic nitrogens is 2. The molecule has 0 unspecified atom stereocenters. The number of rotatable bonds is 4. The Morgan fingerprint density at radius 2 is 1.19 bits per heavy atom. The number of hydrogen-bond acceptors (Lipinski definition) is 6. The molecule has 6 nitrogen and oxygen atoms in total. The van der Waals surface area contributed by atoms with Crippen LogP contribution in [-0.4, -0.2) is 9.97 Å². The third-order valence-corrected chi connectivity index (χ3v) is 9.59. The Balaban J connectivity index is 1.42. The second-order valence-corrected chi connectivity index (χ2v) is 12.1. The van der Waals surface area contributed by atoms with Gasteiger partial charge in [-0.2, -0.15) is 10.5 Å². The van der Waals surface area contributed by atoms with Crippen molar-refractivity contribution in [3.8, 4) is 23.5 Å². The zero-order valence-electron chi connectivity index (χ0n) is 25.7. The van der Waals surface area contributed by atoms with Crippen LogP contribution in [0.3, 0.4) is 0 Å². The standard InChI is InChI=1S/C42H26N6/c43-24-28-21-36-40(45-26-28)41-37(22-29(25-44)27-46-41)42(36)34-17-10-18-38(34)48(32-15-8-3-9-16-32)39-20-19-33(23-35(39)42)47(30-11-4-1-5-12-30)31-13-6-2-7-14-31/h1-16,18-23,26-27H,17H2. The van der Waals surface area contributed by atoms with Crippen LogP contribution < -0.4 is 9.80 Å². The predicted octanol–water partition coefficient (Wildman–Crippen LogP) is 9.37. The van der Waals surface area contributed by atoms with Gasteiger partial charge in [0.1, 0.15) is 12.1 Å². The number of allylic oxidation sites excluding steroid dienone is 3. The molecule has 0 N–H and O–H groups in total. The van der Waals surface area contributed by atoms with E-state index < -0.39 is 5.41 Å². The average Bonchev–Trinajstić information content (AvgIpc) is 3.75. The Kier molecular flexibility index (Phi) is 6.12. The van der Waals surface area contributed by atoms with E-state index in [2.05, 4.69) is 125 Å². The maximum absolute atomic E-state index is 10.1. The molecule has 3 aliphatic rings. The second-order valence-electron chi connectivity index (χ2n) is 12.1. The van der Waals surface area contributed by atoms with E-state index in [1.54, 1.807) is 12.4 Å². The first-order valence-electron chi connectivity index (χ1n) is 15.8. The van der Waals surface area contributed by atoms with Crippen molar-refractivity contribution in [2.75, 3.05) is 9.80 Å². The maximum atomic E-state index is 10.1. The predicted molar refractivity (Wildman–Crippen MR) is 187 cm³/mol. The molecule has 48 heavy (non-hydrogen) atoms. The van der Waals surface area contributed by atoms with E-state index in [0.717, 1.165) is 67.8 Å². The first kappa shape index (κ1) is 27.5. The monoisotopic (exact) mass is 614 g/mol. The highest BCUT2D eigenvalue weighted by Crippen LogP contribution is 2.63. The van der Waals surface area contributed by atoms with Crippen LogP contribution in [0.25, 0.3) is 11.4 Å². The van der Waals surface area contributed by atoms with E-state index in [-0.39, 0.29) is 0 Å². The van der Waals surface area contributed by atoms with Gasteiger partial charge in [0.05, 0.1) is 33.6 Å². The van der Waals surface area contributed by atoms with Crippen LogP contribution in [0.2, 0.25) is 0 Å². The third-order valence-electron chi connectivity index (χ3n) is 9.59. The fourth-order valence-electron chi connectivity index (χ4n) is 7.72. The van der Waals surface area contributed by atoms with Gasteiger partial charge in [-0.3, -0.25) is 9.97 Å². The number of para-hydroxylation sites is 3. The molecule has 1 spiro atoms. The number of nitriles is 2. The highest BCUT2D eigenvalue weighted by Gasteiger charge is 2.54. The van der Waals surface area contributed by atoms with Gasteiger partial charge in [0.25, 0.3) is 0 Å². The molecule has 3 heterocycles. The zero-order valence-corrected chi connectivity index (χ0v) is 25.7. The molecule has 0 radical (unpaired) electrons. The minimum Gasteiger partial charge on any atom is -0.310 e. The molecule has 0 saturated carbocycles. The normalized spacial score (nSPS) is 14.5. The van der Waals surface area contributed by atoms with Crippen molar-refractivity contribution >= 4 is 28.4 Å². The molecule has 6 heteroatoms. The Bertz CT molecular complexity index is 2300. The van der Waals surface area contributed by atoms with E-state index in [0.29, 0.717) is 17.5 Å². The summed E-state index contributed by atoms with van der Waals surface area (Å²) in [6, 6.07) is 46.4. The summed E-state index contributed by atoms with van der Waals surface area (Å²) in [7, 11) is 0. The topological polar surface area (TPSA) is 79.8 Å². The first-order chi connectivity index (χ1) is 23.7. The molecule has 224 valence electrons. The number of nitrogens with zero attached hydrogens (tertiary/aromatic N) is 6. The summed E-state index contributed by atoms with van der Waals surface area (Å²) in [6.07, 6.45) is 8.33. The van der Waals surface area contributed by atoms with Gasteiger partial charge in [0.2, 0.25) is 0 Å². The van der Waals surface area contributed by atoms with Gasteiger partial charge in [-0.1, -0.05) is 60.7 Å². The maximum Gasteiger partial charge on any atom is 0.101 e. The molecule has 1 aliphatic heterocycles. The van der Waals surface area contributed by atoms with E-state index >= 15 is 0 Å². The van der Waals surface area contributed by atoms with Gasteiger partial charge in [0, 0.05) is 52.0 Å². The highest BCUT2D eigenvalue weighted by molar-refractivity contribution is 5.92. The minimum absolute atomic E-state index is 0.480. The van der Waals surface area contributed by atoms with Crippen LogP contribution in [0.4, 0.5) is 28.4 Å². The van der Waals surface area contributed by atoms with E-state index in [1.807, 2.05) is 30.3 Å². The molecule has 0 saturated heterocycles. The van der Waals surface area contributed by atoms with E-state index in [9.17, 15) is 10.5 Å². The molecule has 0 amide bonds. The molecule has 2 aromatic heterocycles. The summed E-state index contributed by atoms with van der Waals surface area (Å²) >= 11 is 0. The molecular formula is C42H26N6. The zero-order chi connectivity index (χ0) is 32.2. The van der Waals surface area contributed by atoms with Crippen molar-refractivity contribution in [2.24, 2.45) is 0 Å². The lowest BCUT2D eigenvalue weighted by Crippen LogP contribution is -2.38. The number of anilines is 5. The van der Waals surface area contributed by atoms with Gasteiger partial charge >= 0.3 is 0 Å². The third kappa shape index (κ3) is 3.84. The Morgan fingerprint density at radius 3 is 1.75 bits per heavy atom. The van der Waals surface area contributed by atoms with E-state index in [4.69, 9.17) is 9.97 Å². The average molecular weight is 615 g/mol. The summed E-state index contributed by atoms with van der Waals surface area (Å²) < 4.78 is 0. The van der Waals surface area contributed by atoms with Gasteiger partial charge in [0.15, 0.2) is 0 Å². The molecule has 0 fully saturated rings. The van der Waals surface area contributed by atoms with Crippen molar-refractivity contribution in [1.82, 2.24) is 9.97 Å². The van der Waals surface area contributed by atoms with Crippen molar-refractivity contribution < 1.29 is 0 Å². The van der Waals surface area contributed by atoms with Gasteiger partial charge in [-0.15, -0.1) is 0 Å². The van der Waals surface area contributed by atoms with Crippen LogP contribution in [0.15, 0.2) is 157 Å². The molecule has 2 aliphatic carbocycles. The first-order valence-corrected chi connectivity index (χ1v) is 15.8. The van der Waals surface area contributed by atoms with Gasteiger partial charge in [-0.25, -0.2) is 0 Å². The number of fused-ring (bicyclic) bond motifs is 8. The van der Waals surface area contributed by atoms with Crippen LogP contribution in [0.5, 0.6) is 0 Å². The van der Waals surface area contributed by atoms with Crippen LogP contribution in [0, 0.1) is 22.7 Å². The number of benzene rings is 4. The highest BCUT2D eigenvalue weighted by atomic mass is 15.2. The summed E-state index contributed by atoms with van der Waals surface area (Å²) in [5, 5.41) is 20.2. The summed E-state index contributed by atoms with van der Waals surface area (Å²) in [4.78, 5) is 14.3. The Hall–Kier alpha value is -6.76. The fourth-order valence-corrected chi connectivity index (χ4v) is 7.72. The Labute approximate surface area is 278 Å². The van der Waals surface area contributed by atoms with Crippen molar-refractivity contribution in [2.45, 2.75) is 11.8 Å². The molecule has 4 aromatic carbocycles. The van der Waals surface area contributed by atoms with Crippen LogP contribution in [0.1, 0.15) is 34.2 Å². The van der Waals surface area contributed by atoms with Crippen LogP contribution in [-0.2, 0) is 5.41 Å². The lowest BCUT2D eigenvalue weighted by Gasteiger charge is -2.45. The summed E-state index contributed by atoms with van der Waals surface area (Å²) in [5.74, 6) is 0. The van der Waals surface area contributed by atoms with Crippen molar-refractivity contribution in [1.29, 1.82) is 10.5 Å². The molecule has 0 atom stereocenters.